The van der Waals surface area contributed by atoms with Crippen molar-refractivity contribution < 1.29 is 13.9 Å². The van der Waals surface area contributed by atoms with Crippen LogP contribution in [0.4, 0.5) is 10.1 Å². The van der Waals surface area contributed by atoms with Gasteiger partial charge in [-0.2, -0.15) is 0 Å². The van der Waals surface area contributed by atoms with Gasteiger partial charge in [-0.25, -0.2) is 4.39 Å². The van der Waals surface area contributed by atoms with Crippen molar-refractivity contribution in [1.82, 2.24) is 14.5 Å². The Labute approximate surface area is 179 Å². The highest BCUT2D eigenvalue weighted by Crippen LogP contribution is 2.33. The maximum absolute atomic E-state index is 13.3. The average Bonchev–Trinajstić information content (AvgIpc) is 3.14. The van der Waals surface area contributed by atoms with E-state index in [0.717, 1.165) is 18.0 Å². The highest BCUT2D eigenvalue weighted by molar-refractivity contribution is 7.71. The summed E-state index contributed by atoms with van der Waals surface area (Å²) in [6.45, 7) is 4.08. The summed E-state index contributed by atoms with van der Waals surface area (Å²) in [7, 11) is 1.74. The van der Waals surface area contributed by atoms with Crippen molar-refractivity contribution in [2.75, 3.05) is 31.6 Å². The molecule has 6 nitrogen and oxygen atoms in total. The largest absolute Gasteiger partial charge is 0.485 e. The second-order valence-corrected chi connectivity index (χ2v) is 7.61. The van der Waals surface area contributed by atoms with Crippen LogP contribution >= 0.6 is 12.2 Å². The van der Waals surface area contributed by atoms with E-state index in [0.29, 0.717) is 29.2 Å². The van der Waals surface area contributed by atoms with E-state index in [1.54, 1.807) is 34.8 Å². The molecule has 1 unspecified atom stereocenters. The molecule has 2 heterocycles. The van der Waals surface area contributed by atoms with Gasteiger partial charge in [0.05, 0.1) is 18.8 Å². The molecular formula is C22H23FN4O2S. The summed E-state index contributed by atoms with van der Waals surface area (Å²) in [4.78, 5) is 20.0. The number of ether oxygens (including phenoxy) is 1. The molecule has 1 atom stereocenters. The van der Waals surface area contributed by atoms with Crippen molar-refractivity contribution in [3.63, 3.8) is 0 Å². The van der Waals surface area contributed by atoms with E-state index in [4.69, 9.17) is 17.0 Å². The van der Waals surface area contributed by atoms with Crippen LogP contribution in [-0.2, 0) is 0 Å². The Morgan fingerprint density at radius 2 is 2.00 bits per heavy atom. The maximum atomic E-state index is 13.3. The average molecular weight is 427 g/mol. The number of H-pyrrole nitrogens is 1. The fourth-order valence-electron chi connectivity index (χ4n) is 3.73. The number of likely N-dealkylation sites (N-methyl/N-ethyl adjacent to an activating group) is 2. The Bertz CT molecular complexity index is 1110. The quantitative estimate of drug-likeness (QED) is 0.626. The molecule has 0 spiro atoms. The molecule has 2 aromatic carbocycles. The minimum Gasteiger partial charge on any atom is -0.485 e. The molecule has 4 rings (SSSR count). The predicted molar refractivity (Wildman–Crippen MR) is 117 cm³/mol. The van der Waals surface area contributed by atoms with Crippen molar-refractivity contribution in [2.24, 2.45) is 0 Å². The van der Waals surface area contributed by atoms with Gasteiger partial charge < -0.3 is 19.5 Å². The van der Waals surface area contributed by atoms with Gasteiger partial charge in [0, 0.05) is 25.5 Å². The van der Waals surface area contributed by atoms with Crippen molar-refractivity contribution in [3.8, 4) is 11.4 Å². The van der Waals surface area contributed by atoms with Gasteiger partial charge in [0.25, 0.3) is 5.91 Å². The zero-order valence-corrected chi connectivity index (χ0v) is 17.7. The Kier molecular flexibility index (Phi) is 5.59. The minimum absolute atomic E-state index is 0.157. The zero-order chi connectivity index (χ0) is 21.3. The van der Waals surface area contributed by atoms with Crippen LogP contribution in [0, 0.1) is 10.6 Å². The Hall–Kier alpha value is -3.13. The van der Waals surface area contributed by atoms with E-state index in [-0.39, 0.29) is 17.8 Å². The second kappa shape index (κ2) is 8.31. The molecule has 0 fully saturated rings. The van der Waals surface area contributed by atoms with Crippen LogP contribution in [-0.4, -0.2) is 53.1 Å². The third-order valence-corrected chi connectivity index (χ3v) is 5.51. The first-order valence-corrected chi connectivity index (χ1v) is 10.2. The maximum Gasteiger partial charge on any atom is 0.272 e. The summed E-state index contributed by atoms with van der Waals surface area (Å²) < 4.78 is 21.4. The number of anilines is 1. The molecule has 0 aliphatic carbocycles. The lowest BCUT2D eigenvalue weighted by atomic mass is 10.1. The predicted octanol–water partition coefficient (Wildman–Crippen LogP) is 4.03. The molecule has 1 aliphatic rings. The van der Waals surface area contributed by atoms with Crippen LogP contribution in [0.5, 0.6) is 5.75 Å². The number of halogens is 1. The molecule has 156 valence electrons. The summed E-state index contributed by atoms with van der Waals surface area (Å²) in [5.74, 6) is 0.283. The van der Waals surface area contributed by atoms with Crippen LogP contribution in [0.15, 0.2) is 54.7 Å². The number of nitrogens with zero attached hydrogens (tertiary/aromatic N) is 3. The van der Waals surface area contributed by atoms with Gasteiger partial charge in [-0.05, 0) is 55.5 Å². The second-order valence-electron chi connectivity index (χ2n) is 7.22. The van der Waals surface area contributed by atoms with Crippen LogP contribution in [0.3, 0.4) is 0 Å². The van der Waals surface area contributed by atoms with Crippen molar-refractivity contribution in [2.45, 2.75) is 13.0 Å². The number of carbonyl (C=O) groups excluding carboxylic acids is 1. The smallest absolute Gasteiger partial charge is 0.272 e. The van der Waals surface area contributed by atoms with E-state index in [1.807, 2.05) is 24.3 Å². The van der Waals surface area contributed by atoms with Crippen LogP contribution < -0.4 is 9.64 Å². The monoisotopic (exact) mass is 426 g/mol. The molecule has 1 N–H and O–H groups in total. The molecule has 0 bridgehead atoms. The number of aromatic nitrogens is 2. The molecule has 0 saturated heterocycles. The summed E-state index contributed by atoms with van der Waals surface area (Å²) in [5.41, 5.74) is 2.08. The number of hydrogen-bond acceptors (Lipinski definition) is 4. The molecule has 1 amide bonds. The van der Waals surface area contributed by atoms with E-state index < -0.39 is 0 Å². The molecule has 3 aromatic rings. The van der Waals surface area contributed by atoms with E-state index in [9.17, 15) is 9.18 Å². The lowest BCUT2D eigenvalue weighted by Crippen LogP contribution is -2.47. The third-order valence-electron chi connectivity index (χ3n) is 5.21. The number of fused-ring (bicyclic) bond motifs is 1. The third kappa shape index (κ3) is 3.82. The number of rotatable bonds is 5. The van der Waals surface area contributed by atoms with Crippen molar-refractivity contribution in [3.05, 3.63) is 71.0 Å². The number of carbonyl (C=O) groups is 1. The Morgan fingerprint density at radius 3 is 2.73 bits per heavy atom. The number of para-hydroxylation sites is 2. The number of amides is 1. The zero-order valence-electron chi connectivity index (χ0n) is 16.8. The summed E-state index contributed by atoms with van der Waals surface area (Å²) in [6.07, 6.45) is 1.43. The van der Waals surface area contributed by atoms with Gasteiger partial charge in [0.15, 0.2) is 4.77 Å². The van der Waals surface area contributed by atoms with Gasteiger partial charge in [-0.15, -0.1) is 0 Å². The molecule has 1 aromatic heterocycles. The Balaban J connectivity index is 1.54. The fraction of sp³-hybridized carbons (Fsp3) is 0.273. The van der Waals surface area contributed by atoms with E-state index in [2.05, 4.69) is 16.8 Å². The number of aromatic amines is 1. The molecule has 0 radical (unpaired) electrons. The molecule has 0 saturated carbocycles. The van der Waals surface area contributed by atoms with E-state index in [1.165, 1.54) is 12.1 Å². The molecule has 8 heteroatoms. The van der Waals surface area contributed by atoms with Crippen molar-refractivity contribution >= 4 is 23.8 Å². The van der Waals surface area contributed by atoms with Gasteiger partial charge in [-0.3, -0.25) is 9.36 Å². The van der Waals surface area contributed by atoms with Gasteiger partial charge in [0.2, 0.25) is 0 Å². The number of nitrogens with one attached hydrogen (secondary N) is 1. The van der Waals surface area contributed by atoms with Gasteiger partial charge >= 0.3 is 0 Å². The normalized spacial score (nSPS) is 15.4. The lowest BCUT2D eigenvalue weighted by Gasteiger charge is -2.37. The summed E-state index contributed by atoms with van der Waals surface area (Å²) in [5, 5.41) is 0. The topological polar surface area (TPSA) is 53.5 Å². The molecular weight excluding hydrogens is 403 g/mol. The van der Waals surface area contributed by atoms with Crippen LogP contribution in [0.25, 0.3) is 5.69 Å². The highest BCUT2D eigenvalue weighted by atomic mass is 32.1. The Morgan fingerprint density at radius 1 is 1.27 bits per heavy atom. The lowest BCUT2D eigenvalue weighted by molar-refractivity contribution is 0.0702. The van der Waals surface area contributed by atoms with Crippen molar-refractivity contribution in [1.29, 1.82) is 0 Å². The molecule has 1 aliphatic heterocycles. The van der Waals surface area contributed by atoms with Gasteiger partial charge in [-0.1, -0.05) is 12.1 Å². The highest BCUT2D eigenvalue weighted by Gasteiger charge is 2.28. The fourth-order valence-corrected chi connectivity index (χ4v) is 3.99. The standard InChI is InChI=1S/C22H23FN4O2S/c1-3-26-14-17(29-20-7-5-4-6-18(20)26)13-25(2)21(28)19-12-24-22(30)27(19)16-10-8-15(23)9-11-16/h4-12,17H,3,13-14H2,1-2H3,(H,24,30). The minimum atomic E-state index is -0.346. The first-order chi connectivity index (χ1) is 14.5. The summed E-state index contributed by atoms with van der Waals surface area (Å²) >= 11 is 5.34. The summed E-state index contributed by atoms with van der Waals surface area (Å²) in [6, 6.07) is 13.8. The number of imidazole rings is 1. The first-order valence-electron chi connectivity index (χ1n) is 9.80. The number of benzene rings is 2. The van der Waals surface area contributed by atoms with Crippen LogP contribution in [0.1, 0.15) is 17.4 Å². The number of hydrogen-bond donors (Lipinski definition) is 1. The van der Waals surface area contributed by atoms with E-state index >= 15 is 0 Å². The van der Waals surface area contributed by atoms with Gasteiger partial charge in [0.1, 0.15) is 23.4 Å². The first kappa shape index (κ1) is 20.2. The SMILES string of the molecule is CCN1CC(CN(C)C(=O)c2c[nH]c(=S)n2-c2ccc(F)cc2)Oc2ccccc21. The van der Waals surface area contributed by atoms with Crippen LogP contribution in [0.2, 0.25) is 0 Å². The molecule has 30 heavy (non-hydrogen) atoms.